The topological polar surface area (TPSA) is 104 Å². The Morgan fingerprint density at radius 2 is 1.61 bits per heavy atom. The number of carbonyl (C=O) groups is 3. The number of fused-ring (bicyclic) bond motifs is 1. The van der Waals surface area contributed by atoms with Crippen LogP contribution in [0.5, 0.6) is 5.75 Å². The van der Waals surface area contributed by atoms with Crippen molar-refractivity contribution in [2.24, 2.45) is 10.8 Å². The van der Waals surface area contributed by atoms with Crippen molar-refractivity contribution in [2.75, 3.05) is 19.7 Å². The van der Waals surface area contributed by atoms with Crippen LogP contribution < -0.4 is 4.74 Å². The van der Waals surface area contributed by atoms with E-state index < -0.39 is 34.5 Å². The van der Waals surface area contributed by atoms with Crippen LogP contribution in [0, 0.1) is 16.6 Å². The molecule has 1 saturated heterocycles. The molecule has 2 fully saturated rings. The van der Waals surface area contributed by atoms with Crippen molar-refractivity contribution < 1.29 is 33.7 Å². The van der Waals surface area contributed by atoms with E-state index in [0.717, 1.165) is 0 Å². The molecule has 8 heteroatoms. The van der Waals surface area contributed by atoms with Crippen molar-refractivity contribution in [1.82, 2.24) is 4.90 Å². The fraction of sp³-hybridized carbons (Fsp3) is 0.400. The van der Waals surface area contributed by atoms with Gasteiger partial charge in [-0.2, -0.15) is 0 Å². The zero-order valence-electron chi connectivity index (χ0n) is 12.0. The molecule has 1 aromatic carbocycles. The number of carbonyl (C=O) groups excluding carboxylic acids is 1. The van der Waals surface area contributed by atoms with E-state index in [1.165, 1.54) is 29.2 Å². The molecule has 0 spiro atoms. The molecule has 0 bridgehead atoms. The third kappa shape index (κ3) is 2.21. The Bertz CT molecular complexity index is 662. The van der Waals surface area contributed by atoms with E-state index >= 15 is 0 Å². The van der Waals surface area contributed by atoms with Crippen LogP contribution in [0.15, 0.2) is 24.3 Å². The maximum atomic E-state index is 12.8. The van der Waals surface area contributed by atoms with Crippen LogP contribution >= 0.6 is 0 Å². The van der Waals surface area contributed by atoms with E-state index in [0.29, 0.717) is 5.75 Å². The summed E-state index contributed by atoms with van der Waals surface area (Å²) in [5, 5.41) is 18.6. The average Bonchev–Trinajstić information content (AvgIpc) is 3.05. The van der Waals surface area contributed by atoms with Gasteiger partial charge in [0, 0.05) is 13.1 Å². The predicted octanol–water partition coefficient (Wildman–Crippen LogP) is 0.592. The fourth-order valence-corrected chi connectivity index (χ4v) is 3.23. The normalized spacial score (nSPS) is 28.1. The summed E-state index contributed by atoms with van der Waals surface area (Å²) in [5.41, 5.74) is -2.80. The van der Waals surface area contributed by atoms with Gasteiger partial charge in [-0.05, 0) is 30.7 Å². The molecule has 3 rings (SSSR count). The Kier molecular flexibility index (Phi) is 3.28. The first-order valence-corrected chi connectivity index (χ1v) is 6.94. The molecule has 1 saturated carbocycles. The molecule has 1 amide bonds. The van der Waals surface area contributed by atoms with Crippen LogP contribution in [0.3, 0.4) is 0 Å². The summed E-state index contributed by atoms with van der Waals surface area (Å²) in [6, 6.07) is 5.09. The number of rotatable bonds is 5. The summed E-state index contributed by atoms with van der Waals surface area (Å²) in [6.07, 6.45) is 0.0350. The third-order valence-electron chi connectivity index (χ3n) is 4.66. The lowest BCUT2D eigenvalue weighted by atomic mass is 9.97. The zero-order chi connectivity index (χ0) is 16.8. The number of hydrogen-bond acceptors (Lipinski definition) is 4. The number of likely N-dealkylation sites (tertiary alicyclic amines) is 1. The molecule has 2 atom stereocenters. The minimum Gasteiger partial charge on any atom is -0.484 e. The fourth-order valence-electron chi connectivity index (χ4n) is 3.23. The monoisotopic (exact) mass is 323 g/mol. The van der Waals surface area contributed by atoms with Gasteiger partial charge in [-0.15, -0.1) is 0 Å². The van der Waals surface area contributed by atoms with E-state index in [4.69, 9.17) is 4.74 Å². The molecule has 122 valence electrons. The minimum absolute atomic E-state index is 0.0350. The first-order chi connectivity index (χ1) is 10.8. The third-order valence-corrected chi connectivity index (χ3v) is 4.66. The molecule has 1 heterocycles. The molecular weight excluding hydrogens is 309 g/mol. The van der Waals surface area contributed by atoms with Crippen LogP contribution in [0.25, 0.3) is 0 Å². The Hall–Kier alpha value is -2.64. The lowest BCUT2D eigenvalue weighted by Crippen LogP contribution is -2.37. The maximum absolute atomic E-state index is 12.8. The summed E-state index contributed by atoms with van der Waals surface area (Å²) < 4.78 is 18.0. The van der Waals surface area contributed by atoms with Crippen LogP contribution in [-0.2, 0) is 14.4 Å². The first-order valence-electron chi connectivity index (χ1n) is 6.94. The Morgan fingerprint density at radius 1 is 1.09 bits per heavy atom. The van der Waals surface area contributed by atoms with E-state index in [2.05, 4.69) is 0 Å². The SMILES string of the molecule is O=C(COc1ccc(F)cc1)N1C[C@@]2(C(=O)O)C[C@@]2(C(=O)O)C1. The van der Waals surface area contributed by atoms with Crippen molar-refractivity contribution in [3.05, 3.63) is 30.1 Å². The molecule has 0 radical (unpaired) electrons. The standard InChI is InChI=1S/C15H14FNO6/c16-9-1-3-10(4-2-9)23-5-11(18)17-7-14(12(19)20)6-15(14,8-17)13(21)22/h1-4H,5-8H2,(H,19,20)(H,21,22)/t14-,15+. The van der Waals surface area contributed by atoms with E-state index in [-0.39, 0.29) is 26.1 Å². The van der Waals surface area contributed by atoms with Gasteiger partial charge in [-0.1, -0.05) is 0 Å². The number of ether oxygens (including phenoxy) is 1. The highest BCUT2D eigenvalue weighted by atomic mass is 19.1. The van der Waals surface area contributed by atoms with Crippen LogP contribution in [0.4, 0.5) is 4.39 Å². The Morgan fingerprint density at radius 3 is 2.09 bits per heavy atom. The van der Waals surface area contributed by atoms with Gasteiger partial charge in [-0.3, -0.25) is 14.4 Å². The quantitative estimate of drug-likeness (QED) is 0.822. The summed E-state index contributed by atoms with van der Waals surface area (Å²) >= 11 is 0. The second-order valence-corrected chi connectivity index (χ2v) is 5.94. The minimum atomic E-state index is -1.40. The van der Waals surface area contributed by atoms with Crippen LogP contribution in [0.2, 0.25) is 0 Å². The van der Waals surface area contributed by atoms with Crippen LogP contribution in [-0.4, -0.2) is 52.7 Å². The number of nitrogens with zero attached hydrogens (tertiary/aromatic N) is 1. The van der Waals surface area contributed by atoms with Gasteiger partial charge in [0.25, 0.3) is 5.91 Å². The number of piperidine rings is 1. The maximum Gasteiger partial charge on any atom is 0.312 e. The summed E-state index contributed by atoms with van der Waals surface area (Å²) in [4.78, 5) is 36.1. The molecule has 7 nitrogen and oxygen atoms in total. The molecule has 2 N–H and O–H groups in total. The summed E-state index contributed by atoms with van der Waals surface area (Å²) in [6.45, 7) is -0.641. The molecule has 0 aromatic heterocycles. The number of benzene rings is 1. The van der Waals surface area contributed by atoms with Crippen molar-refractivity contribution in [3.63, 3.8) is 0 Å². The lowest BCUT2D eigenvalue weighted by Gasteiger charge is -2.20. The highest BCUT2D eigenvalue weighted by Crippen LogP contribution is 2.68. The highest BCUT2D eigenvalue weighted by Gasteiger charge is 2.81. The average molecular weight is 323 g/mol. The van der Waals surface area contributed by atoms with Crippen molar-refractivity contribution >= 4 is 17.8 Å². The van der Waals surface area contributed by atoms with Gasteiger partial charge < -0.3 is 19.8 Å². The van der Waals surface area contributed by atoms with Gasteiger partial charge in [0.05, 0.1) is 0 Å². The first kappa shape index (κ1) is 15.3. The highest BCUT2D eigenvalue weighted by molar-refractivity contribution is 5.96. The molecule has 1 aromatic rings. The van der Waals surface area contributed by atoms with Crippen LogP contribution in [0.1, 0.15) is 6.42 Å². The lowest BCUT2D eigenvalue weighted by molar-refractivity contribution is -0.151. The van der Waals surface area contributed by atoms with E-state index in [1.807, 2.05) is 0 Å². The smallest absolute Gasteiger partial charge is 0.312 e. The van der Waals surface area contributed by atoms with E-state index in [1.54, 1.807) is 0 Å². The number of halogens is 1. The van der Waals surface area contributed by atoms with Gasteiger partial charge in [-0.25, -0.2) is 4.39 Å². The Balaban J connectivity index is 1.65. The number of carboxylic acids is 2. The van der Waals surface area contributed by atoms with Crippen molar-refractivity contribution in [1.29, 1.82) is 0 Å². The number of hydrogen-bond donors (Lipinski definition) is 2. The number of aliphatic carboxylic acids is 2. The molecule has 2 aliphatic rings. The zero-order valence-corrected chi connectivity index (χ0v) is 12.0. The second-order valence-electron chi connectivity index (χ2n) is 5.94. The van der Waals surface area contributed by atoms with Gasteiger partial charge in [0.1, 0.15) is 22.4 Å². The summed E-state index contributed by atoms with van der Waals surface area (Å²) in [5.74, 6) is -3.04. The van der Waals surface area contributed by atoms with Gasteiger partial charge in [0.15, 0.2) is 6.61 Å². The van der Waals surface area contributed by atoms with Gasteiger partial charge >= 0.3 is 11.9 Å². The van der Waals surface area contributed by atoms with Gasteiger partial charge in [0.2, 0.25) is 0 Å². The number of amides is 1. The second kappa shape index (κ2) is 4.94. The predicted molar refractivity (Wildman–Crippen MR) is 73.2 cm³/mol. The molecule has 23 heavy (non-hydrogen) atoms. The molecule has 1 aliphatic heterocycles. The molecular formula is C15H14FNO6. The summed E-state index contributed by atoms with van der Waals surface area (Å²) in [7, 11) is 0. The van der Waals surface area contributed by atoms with Crippen molar-refractivity contribution in [2.45, 2.75) is 6.42 Å². The van der Waals surface area contributed by atoms with Crippen molar-refractivity contribution in [3.8, 4) is 5.75 Å². The molecule has 1 aliphatic carbocycles. The largest absolute Gasteiger partial charge is 0.484 e. The van der Waals surface area contributed by atoms with E-state index in [9.17, 15) is 29.0 Å². The number of carboxylic acid groups (broad SMARTS) is 2. The molecule has 0 unspecified atom stereocenters. The Labute approximate surface area is 130 Å².